The monoisotopic (exact) mass is 467 g/mol. The molecule has 2 aromatic rings. The number of hydrogen-bond donors (Lipinski definition) is 2. The fourth-order valence-corrected chi connectivity index (χ4v) is 3.49. The van der Waals surface area contributed by atoms with Crippen molar-refractivity contribution < 1.29 is 0 Å². The van der Waals surface area contributed by atoms with E-state index in [1.807, 2.05) is 19.3 Å². The molecule has 0 atom stereocenters. The minimum absolute atomic E-state index is 0. The van der Waals surface area contributed by atoms with Crippen molar-refractivity contribution in [3.8, 4) is 0 Å². The third kappa shape index (κ3) is 5.54. The van der Waals surface area contributed by atoms with E-state index >= 15 is 0 Å². The normalized spacial score (nSPS) is 16.3. The van der Waals surface area contributed by atoms with Crippen LogP contribution in [0.5, 0.6) is 0 Å². The highest BCUT2D eigenvalue weighted by atomic mass is 127. The van der Waals surface area contributed by atoms with Gasteiger partial charge in [-0.15, -0.1) is 24.0 Å². The molecule has 0 unspecified atom stereocenters. The molecule has 1 aliphatic heterocycles. The first-order chi connectivity index (χ1) is 12.3. The van der Waals surface area contributed by atoms with Crippen LogP contribution in [0.4, 0.5) is 0 Å². The zero-order chi connectivity index (χ0) is 17.5. The number of rotatable bonds is 5. The highest BCUT2D eigenvalue weighted by Gasteiger charge is 2.19. The van der Waals surface area contributed by atoms with Crippen molar-refractivity contribution in [3.05, 3.63) is 42.1 Å². The average Bonchev–Trinajstić information content (AvgIpc) is 2.66. The summed E-state index contributed by atoms with van der Waals surface area (Å²) in [6.07, 6.45) is 5.44. The first kappa shape index (κ1) is 20.9. The largest absolute Gasteiger partial charge is 0.354 e. The van der Waals surface area contributed by atoms with Gasteiger partial charge >= 0.3 is 0 Å². The number of fused-ring (bicyclic) bond motifs is 1. The van der Waals surface area contributed by atoms with Crippen molar-refractivity contribution in [2.24, 2.45) is 4.99 Å². The van der Waals surface area contributed by atoms with Gasteiger partial charge in [-0.3, -0.25) is 9.98 Å². The van der Waals surface area contributed by atoms with E-state index in [0.717, 1.165) is 18.0 Å². The van der Waals surface area contributed by atoms with E-state index in [9.17, 15) is 0 Å². The SMILES string of the molecule is CCCN1CCC(NC(=NC)NCc2cccc3cccnc23)CC1.I. The number of aliphatic imine (C=N–C) groups is 1. The van der Waals surface area contributed by atoms with Gasteiger partial charge in [0.1, 0.15) is 0 Å². The number of halogens is 1. The Morgan fingerprint density at radius 3 is 2.73 bits per heavy atom. The zero-order valence-corrected chi connectivity index (χ0v) is 18.1. The number of pyridine rings is 1. The average molecular weight is 467 g/mol. The number of hydrogen-bond acceptors (Lipinski definition) is 3. The summed E-state index contributed by atoms with van der Waals surface area (Å²) in [7, 11) is 1.84. The Morgan fingerprint density at radius 2 is 2.00 bits per heavy atom. The molecule has 0 saturated carbocycles. The van der Waals surface area contributed by atoms with Crippen molar-refractivity contribution in [2.75, 3.05) is 26.7 Å². The molecule has 1 fully saturated rings. The predicted octanol–water partition coefficient (Wildman–Crippen LogP) is 3.39. The molecule has 1 aromatic heterocycles. The Balaban J connectivity index is 0.00000243. The van der Waals surface area contributed by atoms with Crippen LogP contribution in [-0.2, 0) is 6.54 Å². The van der Waals surface area contributed by atoms with Crippen LogP contribution in [0.2, 0.25) is 0 Å². The van der Waals surface area contributed by atoms with Crippen LogP contribution in [0.25, 0.3) is 10.9 Å². The summed E-state index contributed by atoms with van der Waals surface area (Å²) < 4.78 is 0. The van der Waals surface area contributed by atoms with Gasteiger partial charge in [0, 0.05) is 44.3 Å². The molecule has 0 spiro atoms. The summed E-state index contributed by atoms with van der Waals surface area (Å²) in [5, 5.41) is 8.20. The Kier molecular flexibility index (Phi) is 8.58. The van der Waals surface area contributed by atoms with Gasteiger partial charge in [-0.2, -0.15) is 0 Å². The lowest BCUT2D eigenvalue weighted by Gasteiger charge is -2.32. The van der Waals surface area contributed by atoms with Crippen LogP contribution in [0.15, 0.2) is 41.5 Å². The van der Waals surface area contributed by atoms with Crippen molar-refractivity contribution >= 4 is 40.8 Å². The predicted molar refractivity (Wildman–Crippen MR) is 120 cm³/mol. The number of aromatic nitrogens is 1. The Labute approximate surface area is 173 Å². The molecule has 0 radical (unpaired) electrons. The molecule has 0 amide bonds. The van der Waals surface area contributed by atoms with E-state index in [1.54, 1.807) is 0 Å². The van der Waals surface area contributed by atoms with Crippen LogP contribution in [0.3, 0.4) is 0 Å². The highest BCUT2D eigenvalue weighted by molar-refractivity contribution is 14.0. The maximum atomic E-state index is 4.52. The number of benzene rings is 1. The number of piperidine rings is 1. The van der Waals surface area contributed by atoms with Crippen molar-refractivity contribution in [2.45, 2.75) is 38.8 Å². The third-order valence-corrected chi connectivity index (χ3v) is 4.85. The molecular formula is C20H30IN5. The van der Waals surface area contributed by atoms with Crippen LogP contribution in [0, 0.1) is 0 Å². The van der Waals surface area contributed by atoms with Crippen molar-refractivity contribution in [1.82, 2.24) is 20.5 Å². The van der Waals surface area contributed by atoms with E-state index in [-0.39, 0.29) is 24.0 Å². The van der Waals surface area contributed by atoms with Crippen LogP contribution in [-0.4, -0.2) is 48.6 Å². The van der Waals surface area contributed by atoms with Gasteiger partial charge in [0.15, 0.2) is 5.96 Å². The van der Waals surface area contributed by atoms with E-state index in [4.69, 9.17) is 0 Å². The molecule has 1 aliphatic rings. The summed E-state index contributed by atoms with van der Waals surface area (Å²) in [5.74, 6) is 0.877. The number of nitrogens with one attached hydrogen (secondary N) is 2. The molecule has 26 heavy (non-hydrogen) atoms. The van der Waals surface area contributed by atoms with Crippen molar-refractivity contribution in [3.63, 3.8) is 0 Å². The number of likely N-dealkylation sites (tertiary alicyclic amines) is 1. The molecular weight excluding hydrogens is 437 g/mol. The van der Waals surface area contributed by atoms with E-state index < -0.39 is 0 Å². The smallest absolute Gasteiger partial charge is 0.191 e. The van der Waals surface area contributed by atoms with E-state index in [2.05, 4.69) is 56.7 Å². The maximum Gasteiger partial charge on any atom is 0.191 e. The summed E-state index contributed by atoms with van der Waals surface area (Å²) in [5.41, 5.74) is 2.25. The molecule has 142 valence electrons. The fourth-order valence-electron chi connectivity index (χ4n) is 3.49. The number of nitrogens with zero attached hydrogens (tertiary/aromatic N) is 3. The second-order valence-electron chi connectivity index (χ2n) is 6.68. The topological polar surface area (TPSA) is 52.5 Å². The van der Waals surface area contributed by atoms with Gasteiger partial charge in [-0.25, -0.2) is 0 Å². The van der Waals surface area contributed by atoms with Crippen molar-refractivity contribution in [1.29, 1.82) is 0 Å². The lowest BCUT2D eigenvalue weighted by Crippen LogP contribution is -2.48. The standard InChI is InChI=1S/C20H29N5.HI/c1-3-12-25-13-9-18(10-14-25)24-20(21-2)23-15-17-7-4-6-16-8-5-11-22-19(16)17;/h4-8,11,18H,3,9-10,12-15H2,1-2H3,(H2,21,23,24);1H. The van der Waals surface area contributed by atoms with E-state index in [0.29, 0.717) is 6.04 Å². The van der Waals surface area contributed by atoms with Gasteiger partial charge in [-0.05, 0) is 37.4 Å². The number of guanidine groups is 1. The molecule has 0 bridgehead atoms. The Bertz CT molecular complexity index is 705. The minimum atomic E-state index is 0. The molecule has 0 aliphatic carbocycles. The molecule has 1 aromatic carbocycles. The second-order valence-corrected chi connectivity index (χ2v) is 6.68. The Hall–Kier alpha value is -1.41. The fraction of sp³-hybridized carbons (Fsp3) is 0.500. The minimum Gasteiger partial charge on any atom is -0.354 e. The zero-order valence-electron chi connectivity index (χ0n) is 15.7. The number of para-hydroxylation sites is 1. The highest BCUT2D eigenvalue weighted by Crippen LogP contribution is 2.15. The lowest BCUT2D eigenvalue weighted by atomic mass is 10.1. The second kappa shape index (κ2) is 10.7. The first-order valence-electron chi connectivity index (χ1n) is 9.32. The molecule has 2 N–H and O–H groups in total. The molecule has 3 rings (SSSR count). The lowest BCUT2D eigenvalue weighted by molar-refractivity contribution is 0.206. The van der Waals surface area contributed by atoms with Gasteiger partial charge in [0.05, 0.1) is 5.52 Å². The molecule has 1 saturated heterocycles. The third-order valence-electron chi connectivity index (χ3n) is 4.85. The molecule has 5 nitrogen and oxygen atoms in total. The summed E-state index contributed by atoms with van der Waals surface area (Å²) in [6, 6.07) is 10.9. The summed E-state index contributed by atoms with van der Waals surface area (Å²) in [4.78, 5) is 11.5. The van der Waals surface area contributed by atoms with Crippen LogP contribution >= 0.6 is 24.0 Å². The molecule has 6 heteroatoms. The summed E-state index contributed by atoms with van der Waals surface area (Å²) >= 11 is 0. The van der Waals surface area contributed by atoms with E-state index in [1.165, 1.54) is 49.8 Å². The molecule has 2 heterocycles. The quantitative estimate of drug-likeness (QED) is 0.402. The van der Waals surface area contributed by atoms with Gasteiger partial charge in [0.2, 0.25) is 0 Å². The first-order valence-corrected chi connectivity index (χ1v) is 9.32. The van der Waals surface area contributed by atoms with Crippen LogP contribution in [0.1, 0.15) is 31.7 Å². The Morgan fingerprint density at radius 1 is 1.23 bits per heavy atom. The van der Waals surface area contributed by atoms with Gasteiger partial charge in [0.25, 0.3) is 0 Å². The summed E-state index contributed by atoms with van der Waals surface area (Å²) in [6.45, 7) is 6.54. The van der Waals surface area contributed by atoms with Gasteiger partial charge in [-0.1, -0.05) is 31.2 Å². The van der Waals surface area contributed by atoms with Gasteiger partial charge < -0.3 is 15.5 Å². The van der Waals surface area contributed by atoms with Crippen LogP contribution < -0.4 is 10.6 Å². The maximum absolute atomic E-state index is 4.52.